The number of carbonyl (C=O) groups is 1. The number of likely N-dealkylation sites (tertiary alicyclic amines) is 2. The minimum Gasteiger partial charge on any atom is -0.396 e. The monoisotopic (exact) mass is 364 g/mol. The molecular weight excluding hydrogens is 336 g/mol. The van der Waals surface area contributed by atoms with Gasteiger partial charge in [0.15, 0.2) is 0 Å². The van der Waals surface area contributed by atoms with Gasteiger partial charge < -0.3 is 10.0 Å². The molecular formula is C23H28N2O2. The van der Waals surface area contributed by atoms with E-state index >= 15 is 0 Å². The number of hydrogen-bond acceptors (Lipinski definition) is 3. The Morgan fingerprint density at radius 3 is 2.26 bits per heavy atom. The molecule has 1 amide bonds. The summed E-state index contributed by atoms with van der Waals surface area (Å²) in [5, 5.41) is 10.2. The lowest BCUT2D eigenvalue weighted by atomic mass is 9.82. The van der Waals surface area contributed by atoms with Crippen LogP contribution in [-0.4, -0.2) is 53.6 Å². The third-order valence-corrected chi connectivity index (χ3v) is 6.22. The van der Waals surface area contributed by atoms with Crippen molar-refractivity contribution in [2.24, 2.45) is 11.3 Å². The molecule has 2 aliphatic heterocycles. The molecule has 2 fully saturated rings. The van der Waals surface area contributed by atoms with Crippen molar-refractivity contribution in [3.05, 3.63) is 71.8 Å². The van der Waals surface area contributed by atoms with Crippen molar-refractivity contribution in [1.82, 2.24) is 9.80 Å². The Kier molecular flexibility index (Phi) is 5.28. The third kappa shape index (κ3) is 3.92. The smallest absolute Gasteiger partial charge is 0.222 e. The molecule has 2 aliphatic rings. The van der Waals surface area contributed by atoms with Crippen LogP contribution in [0.3, 0.4) is 0 Å². The Bertz CT molecular complexity index is 764. The van der Waals surface area contributed by atoms with E-state index in [0.717, 1.165) is 32.6 Å². The largest absolute Gasteiger partial charge is 0.396 e. The van der Waals surface area contributed by atoms with E-state index < -0.39 is 0 Å². The Hall–Kier alpha value is -2.17. The van der Waals surface area contributed by atoms with Crippen molar-refractivity contribution in [2.45, 2.75) is 19.4 Å². The molecule has 2 aromatic carbocycles. The van der Waals surface area contributed by atoms with Gasteiger partial charge in [-0.15, -0.1) is 0 Å². The van der Waals surface area contributed by atoms with E-state index in [0.29, 0.717) is 18.9 Å². The lowest BCUT2D eigenvalue weighted by Gasteiger charge is -2.27. The maximum atomic E-state index is 12.7. The number of amides is 1. The second kappa shape index (κ2) is 7.83. The zero-order valence-corrected chi connectivity index (χ0v) is 15.8. The van der Waals surface area contributed by atoms with Gasteiger partial charge in [-0.05, 0) is 23.5 Å². The van der Waals surface area contributed by atoms with Gasteiger partial charge in [0.05, 0.1) is 6.61 Å². The fourth-order valence-corrected chi connectivity index (χ4v) is 4.72. The lowest BCUT2D eigenvalue weighted by molar-refractivity contribution is -0.130. The molecule has 0 radical (unpaired) electrons. The van der Waals surface area contributed by atoms with Crippen molar-refractivity contribution >= 4 is 5.91 Å². The van der Waals surface area contributed by atoms with Crippen LogP contribution < -0.4 is 0 Å². The number of carbonyl (C=O) groups excluding carboxylic acids is 1. The third-order valence-electron chi connectivity index (χ3n) is 6.22. The summed E-state index contributed by atoms with van der Waals surface area (Å²) in [6.45, 7) is 4.36. The molecule has 27 heavy (non-hydrogen) atoms. The summed E-state index contributed by atoms with van der Waals surface area (Å²) in [7, 11) is 0. The van der Waals surface area contributed by atoms with E-state index in [4.69, 9.17) is 0 Å². The van der Waals surface area contributed by atoms with Crippen LogP contribution >= 0.6 is 0 Å². The van der Waals surface area contributed by atoms with Gasteiger partial charge in [-0.25, -0.2) is 0 Å². The number of aliphatic hydroxyl groups excluding tert-OH is 1. The predicted octanol–water partition coefficient (Wildman–Crippen LogP) is 2.57. The number of fused-ring (bicyclic) bond motifs is 1. The highest BCUT2D eigenvalue weighted by Crippen LogP contribution is 2.42. The highest BCUT2D eigenvalue weighted by atomic mass is 16.3. The van der Waals surface area contributed by atoms with Crippen LogP contribution in [0.2, 0.25) is 0 Å². The van der Waals surface area contributed by atoms with Crippen LogP contribution in [0.5, 0.6) is 0 Å². The molecule has 2 aromatic rings. The summed E-state index contributed by atoms with van der Waals surface area (Å²) >= 11 is 0. The molecule has 0 spiro atoms. The first-order chi connectivity index (χ1) is 13.2. The Balaban J connectivity index is 1.34. The van der Waals surface area contributed by atoms with Crippen LogP contribution in [0.15, 0.2) is 60.7 Å². The Morgan fingerprint density at radius 2 is 1.63 bits per heavy atom. The van der Waals surface area contributed by atoms with Gasteiger partial charge in [-0.1, -0.05) is 60.7 Å². The van der Waals surface area contributed by atoms with Crippen LogP contribution in [-0.2, 0) is 17.8 Å². The molecule has 142 valence electrons. The summed E-state index contributed by atoms with van der Waals surface area (Å²) in [5.41, 5.74) is 2.36. The van der Waals surface area contributed by atoms with Gasteiger partial charge in [0.2, 0.25) is 5.91 Å². The van der Waals surface area contributed by atoms with Crippen LogP contribution in [0.1, 0.15) is 17.5 Å². The molecule has 0 aliphatic carbocycles. The zero-order chi connectivity index (χ0) is 18.7. The fourth-order valence-electron chi connectivity index (χ4n) is 4.72. The first-order valence-electron chi connectivity index (χ1n) is 9.87. The van der Waals surface area contributed by atoms with Gasteiger partial charge in [0.25, 0.3) is 0 Å². The minimum absolute atomic E-state index is 0.156. The van der Waals surface area contributed by atoms with E-state index in [1.165, 1.54) is 11.1 Å². The van der Waals surface area contributed by atoms with Crippen molar-refractivity contribution in [1.29, 1.82) is 0 Å². The molecule has 0 aromatic heterocycles. The molecule has 2 heterocycles. The summed E-state index contributed by atoms with van der Waals surface area (Å²) in [6.07, 6.45) is 1.33. The number of rotatable bonds is 6. The lowest BCUT2D eigenvalue weighted by Crippen LogP contribution is -2.38. The first-order valence-corrected chi connectivity index (χ1v) is 9.87. The van der Waals surface area contributed by atoms with Crippen LogP contribution in [0.25, 0.3) is 0 Å². The van der Waals surface area contributed by atoms with E-state index in [1.54, 1.807) is 0 Å². The Morgan fingerprint density at radius 1 is 0.963 bits per heavy atom. The zero-order valence-electron chi connectivity index (χ0n) is 15.8. The molecule has 4 heteroatoms. The molecule has 0 bridgehead atoms. The van der Waals surface area contributed by atoms with Crippen LogP contribution in [0, 0.1) is 11.3 Å². The first kappa shape index (κ1) is 18.2. The minimum atomic E-state index is -0.156. The SMILES string of the molecule is O=C(CCc1ccccc1)N1C[C@H]2CN(Cc3ccccc3)C[C@@]2(CO)C1. The fraction of sp³-hybridized carbons (Fsp3) is 0.435. The van der Waals surface area contributed by atoms with E-state index in [1.807, 2.05) is 29.2 Å². The molecule has 4 nitrogen and oxygen atoms in total. The number of aliphatic hydroxyl groups is 1. The van der Waals surface area contributed by atoms with Crippen LogP contribution in [0.4, 0.5) is 0 Å². The molecule has 4 rings (SSSR count). The van der Waals surface area contributed by atoms with Gasteiger partial charge in [0, 0.05) is 44.6 Å². The molecule has 0 unspecified atom stereocenters. The van der Waals surface area contributed by atoms with Gasteiger partial charge in [-0.3, -0.25) is 9.69 Å². The molecule has 0 saturated carbocycles. The molecule has 2 atom stereocenters. The predicted molar refractivity (Wildman–Crippen MR) is 106 cm³/mol. The maximum Gasteiger partial charge on any atom is 0.222 e. The number of benzene rings is 2. The molecule has 2 saturated heterocycles. The van der Waals surface area contributed by atoms with Crippen molar-refractivity contribution < 1.29 is 9.90 Å². The standard InChI is InChI=1S/C23H28N2O2/c26-18-23-16-24(13-20-9-5-2-6-10-20)14-21(23)15-25(17-23)22(27)12-11-19-7-3-1-4-8-19/h1-10,21,26H,11-18H2/t21-,23+/m1/s1. The van der Waals surface area contributed by atoms with E-state index in [-0.39, 0.29) is 17.9 Å². The van der Waals surface area contributed by atoms with Crippen molar-refractivity contribution in [3.8, 4) is 0 Å². The highest BCUT2D eigenvalue weighted by molar-refractivity contribution is 5.77. The van der Waals surface area contributed by atoms with Gasteiger partial charge >= 0.3 is 0 Å². The topological polar surface area (TPSA) is 43.8 Å². The van der Waals surface area contributed by atoms with Gasteiger partial charge in [-0.2, -0.15) is 0 Å². The van der Waals surface area contributed by atoms with Crippen molar-refractivity contribution in [3.63, 3.8) is 0 Å². The number of hydrogen-bond donors (Lipinski definition) is 1. The summed E-state index contributed by atoms with van der Waals surface area (Å²) in [6, 6.07) is 20.7. The summed E-state index contributed by atoms with van der Waals surface area (Å²) in [4.78, 5) is 17.1. The maximum absolute atomic E-state index is 12.7. The van der Waals surface area contributed by atoms with Crippen molar-refractivity contribution in [2.75, 3.05) is 32.8 Å². The Labute approximate surface area is 161 Å². The normalized spacial score (nSPS) is 24.9. The average Bonchev–Trinajstić information content (AvgIpc) is 3.22. The second-order valence-electron chi connectivity index (χ2n) is 8.13. The highest BCUT2D eigenvalue weighted by Gasteiger charge is 2.52. The number of aryl methyl sites for hydroxylation is 1. The van der Waals surface area contributed by atoms with Gasteiger partial charge in [0.1, 0.15) is 0 Å². The summed E-state index contributed by atoms with van der Waals surface area (Å²) in [5.74, 6) is 0.586. The van der Waals surface area contributed by atoms with E-state index in [2.05, 4.69) is 41.3 Å². The van der Waals surface area contributed by atoms with E-state index in [9.17, 15) is 9.90 Å². The quantitative estimate of drug-likeness (QED) is 0.857. The summed E-state index contributed by atoms with van der Waals surface area (Å²) < 4.78 is 0. The number of nitrogens with zero attached hydrogens (tertiary/aromatic N) is 2. The average molecular weight is 364 g/mol. The molecule has 1 N–H and O–H groups in total. The second-order valence-corrected chi connectivity index (χ2v) is 8.13.